The van der Waals surface area contributed by atoms with E-state index in [0.29, 0.717) is 23.6 Å². The molecular formula is C18H19NO3. The number of amides is 1. The van der Waals surface area contributed by atoms with Crippen LogP contribution in [-0.2, 0) is 6.42 Å². The van der Waals surface area contributed by atoms with E-state index in [4.69, 9.17) is 9.47 Å². The van der Waals surface area contributed by atoms with E-state index in [2.05, 4.69) is 5.32 Å². The Hall–Kier alpha value is -2.49. The molecule has 1 aliphatic heterocycles. The van der Waals surface area contributed by atoms with Crippen LogP contribution in [0.4, 0.5) is 5.69 Å². The van der Waals surface area contributed by atoms with Gasteiger partial charge in [-0.2, -0.15) is 0 Å². The van der Waals surface area contributed by atoms with Crippen molar-refractivity contribution >= 4 is 11.6 Å². The zero-order chi connectivity index (χ0) is 15.5. The maximum atomic E-state index is 12.3. The van der Waals surface area contributed by atoms with Crippen molar-refractivity contribution in [3.8, 4) is 11.5 Å². The van der Waals surface area contributed by atoms with Gasteiger partial charge in [0.25, 0.3) is 5.91 Å². The predicted octanol–water partition coefficient (Wildman–Crippen LogP) is 3.66. The molecule has 1 heterocycles. The third-order valence-electron chi connectivity index (χ3n) is 3.58. The van der Waals surface area contributed by atoms with Crippen LogP contribution in [0.1, 0.15) is 29.8 Å². The molecule has 4 nitrogen and oxygen atoms in total. The highest BCUT2D eigenvalue weighted by Gasteiger charge is 2.22. The Morgan fingerprint density at radius 1 is 1.32 bits per heavy atom. The Balaban J connectivity index is 1.89. The lowest BCUT2D eigenvalue weighted by molar-refractivity contribution is 0.102. The maximum absolute atomic E-state index is 12.3. The number of hydrogen-bond donors (Lipinski definition) is 1. The molecule has 0 saturated heterocycles. The van der Waals surface area contributed by atoms with Gasteiger partial charge in [-0.25, -0.2) is 0 Å². The van der Waals surface area contributed by atoms with Crippen molar-refractivity contribution in [2.45, 2.75) is 26.4 Å². The van der Waals surface area contributed by atoms with Gasteiger partial charge in [-0.05, 0) is 32.0 Å². The molecule has 114 valence electrons. The first-order valence-corrected chi connectivity index (χ1v) is 7.50. The molecule has 0 fully saturated rings. The first-order valence-electron chi connectivity index (χ1n) is 7.50. The van der Waals surface area contributed by atoms with Crippen LogP contribution in [-0.4, -0.2) is 18.6 Å². The topological polar surface area (TPSA) is 47.6 Å². The number of fused-ring (bicyclic) bond motifs is 1. The van der Waals surface area contributed by atoms with Crippen molar-refractivity contribution in [1.82, 2.24) is 0 Å². The molecule has 4 heteroatoms. The van der Waals surface area contributed by atoms with Crippen molar-refractivity contribution in [2.75, 3.05) is 11.9 Å². The van der Waals surface area contributed by atoms with E-state index in [0.717, 1.165) is 17.7 Å². The minimum absolute atomic E-state index is 0.157. The van der Waals surface area contributed by atoms with Crippen molar-refractivity contribution in [2.24, 2.45) is 0 Å². The molecule has 0 aliphatic carbocycles. The third kappa shape index (κ3) is 2.91. The lowest BCUT2D eigenvalue weighted by Crippen LogP contribution is -2.13. The molecular weight excluding hydrogens is 278 g/mol. The molecule has 0 bridgehead atoms. The molecule has 1 aliphatic rings. The van der Waals surface area contributed by atoms with E-state index in [-0.39, 0.29) is 12.0 Å². The third-order valence-corrected chi connectivity index (χ3v) is 3.58. The standard InChI is InChI=1S/C18H19NO3/c1-3-21-17-10-14-9-12(2)22-16(14)11-15(17)19-18(20)13-7-5-4-6-8-13/h4-8,10-12H,3,9H2,1-2H3,(H,19,20)/t12-/m1/s1. The normalized spacial score (nSPS) is 15.8. The summed E-state index contributed by atoms with van der Waals surface area (Å²) in [6.45, 7) is 4.50. The van der Waals surface area contributed by atoms with E-state index >= 15 is 0 Å². The summed E-state index contributed by atoms with van der Waals surface area (Å²) in [7, 11) is 0. The smallest absolute Gasteiger partial charge is 0.255 e. The van der Waals surface area contributed by atoms with Crippen LogP contribution in [0.25, 0.3) is 0 Å². The summed E-state index contributed by atoms with van der Waals surface area (Å²) < 4.78 is 11.4. The van der Waals surface area contributed by atoms with Crippen LogP contribution in [0.15, 0.2) is 42.5 Å². The summed E-state index contributed by atoms with van der Waals surface area (Å²) in [5, 5.41) is 2.91. The number of ether oxygens (including phenoxy) is 2. The van der Waals surface area contributed by atoms with Crippen molar-refractivity contribution in [3.05, 3.63) is 53.6 Å². The average Bonchev–Trinajstić information content (AvgIpc) is 2.87. The molecule has 2 aromatic rings. The van der Waals surface area contributed by atoms with Gasteiger partial charge < -0.3 is 14.8 Å². The summed E-state index contributed by atoms with van der Waals surface area (Å²) >= 11 is 0. The minimum atomic E-state index is -0.160. The first-order chi connectivity index (χ1) is 10.7. The summed E-state index contributed by atoms with van der Waals surface area (Å²) in [4.78, 5) is 12.3. The molecule has 0 saturated carbocycles. The van der Waals surface area contributed by atoms with Crippen molar-refractivity contribution in [3.63, 3.8) is 0 Å². The second-order valence-electron chi connectivity index (χ2n) is 5.34. The number of nitrogens with one attached hydrogen (secondary N) is 1. The highest BCUT2D eigenvalue weighted by Crippen LogP contribution is 2.38. The van der Waals surface area contributed by atoms with Gasteiger partial charge in [0, 0.05) is 23.6 Å². The highest BCUT2D eigenvalue weighted by atomic mass is 16.5. The van der Waals surface area contributed by atoms with E-state index in [1.54, 1.807) is 12.1 Å². The predicted molar refractivity (Wildman–Crippen MR) is 85.8 cm³/mol. The number of carbonyl (C=O) groups is 1. The van der Waals surface area contributed by atoms with Gasteiger partial charge in [0.15, 0.2) is 0 Å². The molecule has 22 heavy (non-hydrogen) atoms. The molecule has 3 rings (SSSR count). The minimum Gasteiger partial charge on any atom is -0.492 e. The number of hydrogen-bond acceptors (Lipinski definition) is 3. The molecule has 1 amide bonds. The monoisotopic (exact) mass is 297 g/mol. The Bertz CT molecular complexity index is 682. The molecule has 1 atom stereocenters. The van der Waals surface area contributed by atoms with E-state index in [9.17, 15) is 4.79 Å². The van der Waals surface area contributed by atoms with Crippen LogP contribution < -0.4 is 14.8 Å². The molecule has 0 aromatic heterocycles. The largest absolute Gasteiger partial charge is 0.492 e. The van der Waals surface area contributed by atoms with Crippen LogP contribution in [0, 0.1) is 0 Å². The molecule has 2 aromatic carbocycles. The van der Waals surface area contributed by atoms with Gasteiger partial charge in [-0.3, -0.25) is 4.79 Å². The van der Waals surface area contributed by atoms with Crippen molar-refractivity contribution < 1.29 is 14.3 Å². The van der Waals surface area contributed by atoms with Gasteiger partial charge in [0.2, 0.25) is 0 Å². The number of carbonyl (C=O) groups excluding carboxylic acids is 1. The highest BCUT2D eigenvalue weighted by molar-refractivity contribution is 6.05. The zero-order valence-corrected chi connectivity index (χ0v) is 12.8. The average molecular weight is 297 g/mol. The van der Waals surface area contributed by atoms with E-state index < -0.39 is 0 Å². The maximum Gasteiger partial charge on any atom is 0.255 e. The zero-order valence-electron chi connectivity index (χ0n) is 12.8. The Labute approximate surface area is 130 Å². The van der Waals surface area contributed by atoms with E-state index in [1.165, 1.54) is 0 Å². The van der Waals surface area contributed by atoms with Gasteiger partial charge in [0.05, 0.1) is 12.3 Å². The molecule has 0 unspecified atom stereocenters. The quantitative estimate of drug-likeness (QED) is 0.937. The van der Waals surface area contributed by atoms with Crippen LogP contribution >= 0.6 is 0 Å². The van der Waals surface area contributed by atoms with Crippen molar-refractivity contribution in [1.29, 1.82) is 0 Å². The summed E-state index contributed by atoms with van der Waals surface area (Å²) in [6, 6.07) is 12.9. The first kappa shape index (κ1) is 14.4. The van der Waals surface area contributed by atoms with Gasteiger partial charge in [-0.1, -0.05) is 18.2 Å². The van der Waals surface area contributed by atoms with Crippen LogP contribution in [0.3, 0.4) is 0 Å². The van der Waals surface area contributed by atoms with E-state index in [1.807, 2.05) is 44.2 Å². The fraction of sp³-hybridized carbons (Fsp3) is 0.278. The summed E-state index contributed by atoms with van der Waals surface area (Å²) in [5.74, 6) is 1.34. The fourth-order valence-electron chi connectivity index (χ4n) is 2.60. The molecule has 0 spiro atoms. The van der Waals surface area contributed by atoms with Gasteiger partial charge in [0.1, 0.15) is 17.6 Å². The Morgan fingerprint density at radius 3 is 2.82 bits per heavy atom. The molecule has 0 radical (unpaired) electrons. The number of rotatable bonds is 4. The Morgan fingerprint density at radius 2 is 2.09 bits per heavy atom. The lowest BCUT2D eigenvalue weighted by Gasteiger charge is -2.13. The van der Waals surface area contributed by atoms with Gasteiger partial charge in [-0.15, -0.1) is 0 Å². The molecule has 1 N–H and O–H groups in total. The number of benzene rings is 2. The van der Waals surface area contributed by atoms with Crippen LogP contribution in [0.5, 0.6) is 11.5 Å². The second kappa shape index (κ2) is 6.10. The van der Waals surface area contributed by atoms with Gasteiger partial charge >= 0.3 is 0 Å². The SMILES string of the molecule is CCOc1cc2c(cc1NC(=O)c1ccccc1)O[C@H](C)C2. The Kier molecular flexibility index (Phi) is 4.00. The summed E-state index contributed by atoms with van der Waals surface area (Å²) in [6.07, 6.45) is 1.02. The second-order valence-corrected chi connectivity index (χ2v) is 5.34. The number of anilines is 1. The lowest BCUT2D eigenvalue weighted by atomic mass is 10.1. The van der Waals surface area contributed by atoms with Crippen LogP contribution in [0.2, 0.25) is 0 Å². The fourth-order valence-corrected chi connectivity index (χ4v) is 2.60. The summed E-state index contributed by atoms with van der Waals surface area (Å²) in [5.41, 5.74) is 2.37.